The third-order valence-corrected chi connectivity index (χ3v) is 2.31. The van der Waals surface area contributed by atoms with Crippen LogP contribution < -0.4 is 0 Å². The number of halogens is 1. The third-order valence-electron chi connectivity index (χ3n) is 2.07. The predicted octanol–water partition coefficient (Wildman–Crippen LogP) is 3.45. The third kappa shape index (κ3) is 2.56. The minimum atomic E-state index is 0.192. The van der Waals surface area contributed by atoms with Gasteiger partial charge in [-0.2, -0.15) is 0 Å². The number of phenols is 1. The summed E-state index contributed by atoms with van der Waals surface area (Å²) in [4.78, 5) is 0. The van der Waals surface area contributed by atoms with Gasteiger partial charge in [-0.25, -0.2) is 0 Å². The highest BCUT2D eigenvalue weighted by molar-refractivity contribution is 6.30. The average Bonchev–Trinajstić information content (AvgIpc) is 2.28. The maximum absolute atomic E-state index is 9.51. The van der Waals surface area contributed by atoms with Crippen molar-refractivity contribution in [1.82, 2.24) is 0 Å². The summed E-state index contributed by atoms with van der Waals surface area (Å²) < 4.78 is 0. The highest BCUT2D eigenvalue weighted by atomic mass is 35.5. The zero-order valence-corrected chi connectivity index (χ0v) is 9.20. The second-order valence-corrected chi connectivity index (χ2v) is 3.71. The summed E-state index contributed by atoms with van der Waals surface area (Å²) in [5.74, 6) is 6.04. The van der Waals surface area contributed by atoms with E-state index in [0.29, 0.717) is 10.6 Å². The molecule has 1 N–H and O–H groups in total. The van der Waals surface area contributed by atoms with Gasteiger partial charge in [-0.3, -0.25) is 0 Å². The molecule has 0 saturated heterocycles. The topological polar surface area (TPSA) is 20.2 Å². The fraction of sp³-hybridized carbons (Fsp3) is 0. The van der Waals surface area contributed by atoms with Crippen LogP contribution in [0.15, 0.2) is 48.5 Å². The van der Waals surface area contributed by atoms with Gasteiger partial charge in [-0.1, -0.05) is 41.6 Å². The minimum absolute atomic E-state index is 0.192. The van der Waals surface area contributed by atoms with E-state index < -0.39 is 0 Å². The Kier molecular flexibility index (Phi) is 3.14. The quantitative estimate of drug-likeness (QED) is 0.685. The first kappa shape index (κ1) is 10.6. The van der Waals surface area contributed by atoms with Crippen molar-refractivity contribution in [2.45, 2.75) is 0 Å². The van der Waals surface area contributed by atoms with Gasteiger partial charge in [0, 0.05) is 10.6 Å². The molecular formula is C14H9ClO. The van der Waals surface area contributed by atoms with Gasteiger partial charge >= 0.3 is 0 Å². The van der Waals surface area contributed by atoms with Gasteiger partial charge in [0.15, 0.2) is 0 Å². The molecule has 0 unspecified atom stereocenters. The van der Waals surface area contributed by atoms with E-state index in [2.05, 4.69) is 11.8 Å². The Hall–Kier alpha value is -1.91. The van der Waals surface area contributed by atoms with Crippen LogP contribution in [0.25, 0.3) is 0 Å². The van der Waals surface area contributed by atoms with Crippen molar-refractivity contribution in [2.24, 2.45) is 0 Å². The summed E-state index contributed by atoms with van der Waals surface area (Å²) in [7, 11) is 0. The number of rotatable bonds is 0. The first-order chi connectivity index (χ1) is 7.75. The Labute approximate surface area is 99.3 Å². The molecule has 0 fully saturated rings. The normalized spacial score (nSPS) is 9.31. The monoisotopic (exact) mass is 228 g/mol. The molecule has 78 valence electrons. The summed E-state index contributed by atoms with van der Waals surface area (Å²) >= 11 is 5.84. The molecule has 16 heavy (non-hydrogen) atoms. The van der Waals surface area contributed by atoms with Gasteiger partial charge in [-0.15, -0.1) is 0 Å². The molecule has 2 rings (SSSR count). The van der Waals surface area contributed by atoms with E-state index in [4.69, 9.17) is 11.6 Å². The lowest BCUT2D eigenvalue weighted by Gasteiger charge is -1.94. The average molecular weight is 229 g/mol. The maximum Gasteiger partial charge on any atom is 0.131 e. The van der Waals surface area contributed by atoms with Crippen LogP contribution in [-0.4, -0.2) is 5.11 Å². The van der Waals surface area contributed by atoms with Crippen molar-refractivity contribution < 1.29 is 5.11 Å². The molecule has 0 saturated carbocycles. The Morgan fingerprint density at radius 1 is 0.938 bits per heavy atom. The molecule has 0 aliphatic rings. The van der Waals surface area contributed by atoms with E-state index in [-0.39, 0.29) is 5.75 Å². The molecule has 2 aromatic carbocycles. The number of benzene rings is 2. The summed E-state index contributed by atoms with van der Waals surface area (Å²) in [6.45, 7) is 0. The summed E-state index contributed by atoms with van der Waals surface area (Å²) in [5, 5.41) is 10.2. The Bertz CT molecular complexity index is 564. The van der Waals surface area contributed by atoms with Crippen LogP contribution in [0, 0.1) is 11.8 Å². The minimum Gasteiger partial charge on any atom is -0.507 e. The fourth-order valence-corrected chi connectivity index (χ4v) is 1.48. The van der Waals surface area contributed by atoms with Gasteiger partial charge in [0.05, 0.1) is 5.56 Å². The van der Waals surface area contributed by atoms with Crippen LogP contribution >= 0.6 is 11.6 Å². The number of phenolic OH excluding ortho intramolecular Hbond substituents is 1. The molecule has 0 heterocycles. The molecule has 2 heteroatoms. The number of aromatic hydroxyl groups is 1. The van der Waals surface area contributed by atoms with Gasteiger partial charge in [0.1, 0.15) is 5.75 Å². The largest absolute Gasteiger partial charge is 0.507 e. The van der Waals surface area contributed by atoms with Gasteiger partial charge in [-0.05, 0) is 30.3 Å². The molecule has 1 nitrogen and oxygen atoms in total. The Balaban J connectivity index is 2.32. The van der Waals surface area contributed by atoms with Crippen molar-refractivity contribution in [1.29, 1.82) is 0 Å². The highest BCUT2D eigenvalue weighted by Gasteiger charge is 1.94. The highest BCUT2D eigenvalue weighted by Crippen LogP contribution is 2.14. The van der Waals surface area contributed by atoms with Gasteiger partial charge in [0.25, 0.3) is 0 Å². The predicted molar refractivity (Wildman–Crippen MR) is 65.5 cm³/mol. The second kappa shape index (κ2) is 4.74. The molecule has 0 spiro atoms. The zero-order valence-electron chi connectivity index (χ0n) is 8.44. The van der Waals surface area contributed by atoms with Crippen molar-refractivity contribution in [3.05, 3.63) is 64.7 Å². The Morgan fingerprint density at radius 2 is 1.75 bits per heavy atom. The van der Waals surface area contributed by atoms with E-state index >= 15 is 0 Å². The van der Waals surface area contributed by atoms with E-state index in [0.717, 1.165) is 5.56 Å². The van der Waals surface area contributed by atoms with Gasteiger partial charge in [0.2, 0.25) is 0 Å². The molecule has 2 aromatic rings. The smallest absolute Gasteiger partial charge is 0.131 e. The summed E-state index contributed by atoms with van der Waals surface area (Å²) in [5.41, 5.74) is 1.44. The lowest BCUT2D eigenvalue weighted by atomic mass is 10.1. The molecule has 0 aliphatic heterocycles. The summed E-state index contributed by atoms with van der Waals surface area (Å²) in [6, 6.07) is 14.3. The van der Waals surface area contributed by atoms with Crippen molar-refractivity contribution in [2.75, 3.05) is 0 Å². The van der Waals surface area contributed by atoms with E-state index in [9.17, 15) is 5.11 Å². The zero-order chi connectivity index (χ0) is 11.4. The molecular weight excluding hydrogens is 220 g/mol. The van der Waals surface area contributed by atoms with Crippen molar-refractivity contribution in [3.8, 4) is 17.6 Å². The number of para-hydroxylation sites is 1. The van der Waals surface area contributed by atoms with Crippen molar-refractivity contribution >= 4 is 11.6 Å². The molecule has 0 aliphatic carbocycles. The van der Waals surface area contributed by atoms with Crippen molar-refractivity contribution in [3.63, 3.8) is 0 Å². The maximum atomic E-state index is 9.51. The molecule has 0 aromatic heterocycles. The fourth-order valence-electron chi connectivity index (χ4n) is 1.29. The van der Waals surface area contributed by atoms with E-state index in [1.54, 1.807) is 30.3 Å². The number of hydrogen-bond acceptors (Lipinski definition) is 1. The SMILES string of the molecule is Oc1ccccc1C#Cc1cccc(Cl)c1. The summed E-state index contributed by atoms with van der Waals surface area (Å²) in [6.07, 6.45) is 0. The van der Waals surface area contributed by atoms with Crippen LogP contribution in [0.3, 0.4) is 0 Å². The molecule has 0 bridgehead atoms. The molecule has 0 atom stereocenters. The number of hydrogen-bond donors (Lipinski definition) is 1. The van der Waals surface area contributed by atoms with Gasteiger partial charge < -0.3 is 5.11 Å². The van der Waals surface area contributed by atoms with Crippen LogP contribution in [0.5, 0.6) is 5.75 Å². The van der Waals surface area contributed by atoms with Crippen LogP contribution in [0.1, 0.15) is 11.1 Å². The first-order valence-corrected chi connectivity index (χ1v) is 5.19. The molecule has 0 amide bonds. The van der Waals surface area contributed by atoms with Crippen LogP contribution in [-0.2, 0) is 0 Å². The molecule has 0 radical (unpaired) electrons. The standard InChI is InChI=1S/C14H9ClO/c15-13-6-3-4-11(10-13)8-9-12-5-1-2-7-14(12)16/h1-7,10,16H. The first-order valence-electron chi connectivity index (χ1n) is 4.81. The van der Waals surface area contributed by atoms with Crippen LogP contribution in [0.2, 0.25) is 5.02 Å². The Morgan fingerprint density at radius 3 is 2.50 bits per heavy atom. The van der Waals surface area contributed by atoms with E-state index in [1.165, 1.54) is 0 Å². The lowest BCUT2D eigenvalue weighted by molar-refractivity contribution is 0.473. The lowest BCUT2D eigenvalue weighted by Crippen LogP contribution is -1.77. The second-order valence-electron chi connectivity index (χ2n) is 3.28. The van der Waals surface area contributed by atoms with Crippen LogP contribution in [0.4, 0.5) is 0 Å². The van der Waals surface area contributed by atoms with E-state index in [1.807, 2.05) is 18.2 Å².